The van der Waals surface area contributed by atoms with E-state index < -0.39 is 0 Å². The summed E-state index contributed by atoms with van der Waals surface area (Å²) in [5, 5.41) is 3.15. The summed E-state index contributed by atoms with van der Waals surface area (Å²) in [7, 11) is 3.55. The Morgan fingerprint density at radius 2 is 2.00 bits per heavy atom. The number of methoxy groups -OCH3 is 1. The summed E-state index contributed by atoms with van der Waals surface area (Å²) in [4.78, 5) is 13.8. The number of nitrogens with zero attached hydrogens (tertiary/aromatic N) is 1. The Labute approximate surface area is 106 Å². The van der Waals surface area contributed by atoms with E-state index in [0.29, 0.717) is 0 Å². The van der Waals surface area contributed by atoms with Crippen molar-refractivity contribution in [3.05, 3.63) is 0 Å². The highest BCUT2D eigenvalue weighted by atomic mass is 16.5. The third kappa shape index (κ3) is 8.16. The summed E-state index contributed by atoms with van der Waals surface area (Å²) in [6, 6.07) is -0.168. The first-order chi connectivity index (χ1) is 8.15. The van der Waals surface area contributed by atoms with Crippen molar-refractivity contribution < 1.29 is 9.53 Å². The van der Waals surface area contributed by atoms with Gasteiger partial charge in [-0.15, -0.1) is 0 Å². The molecule has 102 valence electrons. The molecule has 1 atom stereocenters. The Hall–Kier alpha value is -0.610. The second-order valence-corrected chi connectivity index (χ2v) is 4.43. The van der Waals surface area contributed by atoms with Gasteiger partial charge in [-0.3, -0.25) is 4.79 Å². The van der Waals surface area contributed by atoms with Crippen molar-refractivity contribution in [1.82, 2.24) is 10.2 Å². The van der Waals surface area contributed by atoms with Gasteiger partial charge in [0.05, 0.1) is 7.11 Å². The van der Waals surface area contributed by atoms with E-state index in [9.17, 15) is 4.79 Å². The number of rotatable bonds is 10. The SMILES string of the molecule is CCCCCN(C)CCC(NCC)C(=O)OC. The average Bonchev–Trinajstić information content (AvgIpc) is 2.33. The number of hydrogen-bond acceptors (Lipinski definition) is 4. The lowest BCUT2D eigenvalue weighted by atomic mass is 10.2. The Morgan fingerprint density at radius 1 is 1.29 bits per heavy atom. The maximum atomic E-state index is 11.5. The Kier molecular flexibility index (Phi) is 10.2. The van der Waals surface area contributed by atoms with Gasteiger partial charge in [0, 0.05) is 0 Å². The molecule has 17 heavy (non-hydrogen) atoms. The number of esters is 1. The highest BCUT2D eigenvalue weighted by Crippen LogP contribution is 2.00. The van der Waals surface area contributed by atoms with Crippen LogP contribution in [0.15, 0.2) is 0 Å². The zero-order valence-electron chi connectivity index (χ0n) is 11.8. The molecule has 0 saturated heterocycles. The van der Waals surface area contributed by atoms with Crippen LogP contribution in [0.25, 0.3) is 0 Å². The maximum absolute atomic E-state index is 11.5. The molecule has 0 aromatic heterocycles. The fourth-order valence-corrected chi connectivity index (χ4v) is 1.78. The monoisotopic (exact) mass is 244 g/mol. The zero-order valence-corrected chi connectivity index (χ0v) is 11.8. The van der Waals surface area contributed by atoms with Crippen molar-refractivity contribution in [1.29, 1.82) is 0 Å². The number of carbonyl (C=O) groups is 1. The van der Waals surface area contributed by atoms with Gasteiger partial charge < -0.3 is 15.0 Å². The molecule has 0 aliphatic carbocycles. The number of ether oxygens (including phenoxy) is 1. The number of nitrogens with one attached hydrogen (secondary N) is 1. The molecule has 0 amide bonds. The molecule has 0 aromatic rings. The first-order valence-corrected chi connectivity index (χ1v) is 6.65. The molecule has 0 radical (unpaired) electrons. The van der Waals surface area contributed by atoms with Crippen molar-refractivity contribution in [2.75, 3.05) is 33.8 Å². The van der Waals surface area contributed by atoms with Gasteiger partial charge in [0.15, 0.2) is 0 Å². The summed E-state index contributed by atoms with van der Waals surface area (Å²) in [5.41, 5.74) is 0. The van der Waals surface area contributed by atoms with Crippen LogP contribution in [0.5, 0.6) is 0 Å². The number of likely N-dealkylation sites (N-methyl/N-ethyl adjacent to an activating group) is 1. The molecule has 0 heterocycles. The second-order valence-electron chi connectivity index (χ2n) is 4.43. The quantitative estimate of drug-likeness (QED) is 0.469. The van der Waals surface area contributed by atoms with Gasteiger partial charge in [-0.25, -0.2) is 0 Å². The molecule has 0 saturated carbocycles. The topological polar surface area (TPSA) is 41.6 Å². The van der Waals surface area contributed by atoms with Gasteiger partial charge in [-0.1, -0.05) is 26.7 Å². The average molecular weight is 244 g/mol. The van der Waals surface area contributed by atoms with Crippen LogP contribution in [0.2, 0.25) is 0 Å². The fourth-order valence-electron chi connectivity index (χ4n) is 1.78. The lowest BCUT2D eigenvalue weighted by molar-refractivity contribution is -0.143. The summed E-state index contributed by atoms with van der Waals surface area (Å²) >= 11 is 0. The van der Waals surface area contributed by atoms with Gasteiger partial charge in [0.2, 0.25) is 0 Å². The molecule has 0 aromatic carbocycles. The molecule has 4 nitrogen and oxygen atoms in total. The summed E-state index contributed by atoms with van der Waals surface area (Å²) in [6.07, 6.45) is 4.56. The lowest BCUT2D eigenvalue weighted by Crippen LogP contribution is -2.40. The predicted molar refractivity (Wildman–Crippen MR) is 71.1 cm³/mol. The van der Waals surface area contributed by atoms with E-state index in [0.717, 1.165) is 26.1 Å². The third-order valence-electron chi connectivity index (χ3n) is 2.88. The molecule has 0 bridgehead atoms. The van der Waals surface area contributed by atoms with Crippen LogP contribution < -0.4 is 5.32 Å². The van der Waals surface area contributed by atoms with Gasteiger partial charge in [-0.2, -0.15) is 0 Å². The van der Waals surface area contributed by atoms with E-state index in [1.807, 2.05) is 6.92 Å². The van der Waals surface area contributed by atoms with E-state index in [2.05, 4.69) is 24.2 Å². The van der Waals surface area contributed by atoms with Crippen LogP contribution in [0.4, 0.5) is 0 Å². The Bertz CT molecular complexity index is 198. The fraction of sp³-hybridized carbons (Fsp3) is 0.923. The summed E-state index contributed by atoms with van der Waals surface area (Å²) in [5.74, 6) is -0.159. The number of hydrogen-bond donors (Lipinski definition) is 1. The van der Waals surface area contributed by atoms with Crippen LogP contribution >= 0.6 is 0 Å². The minimum absolute atomic E-state index is 0.159. The molecule has 1 N–H and O–H groups in total. The van der Waals surface area contributed by atoms with Gasteiger partial charge >= 0.3 is 5.97 Å². The van der Waals surface area contributed by atoms with Crippen molar-refractivity contribution in [3.63, 3.8) is 0 Å². The van der Waals surface area contributed by atoms with E-state index in [-0.39, 0.29) is 12.0 Å². The summed E-state index contributed by atoms with van der Waals surface area (Å²) < 4.78 is 4.78. The molecule has 0 aliphatic rings. The molecule has 0 aliphatic heterocycles. The first kappa shape index (κ1) is 16.4. The Balaban J connectivity index is 3.82. The lowest BCUT2D eigenvalue weighted by Gasteiger charge is -2.20. The largest absolute Gasteiger partial charge is 0.468 e. The second kappa shape index (κ2) is 10.5. The van der Waals surface area contributed by atoms with Crippen molar-refractivity contribution in [2.45, 2.75) is 45.6 Å². The van der Waals surface area contributed by atoms with Crippen molar-refractivity contribution in [3.8, 4) is 0 Å². The van der Waals surface area contributed by atoms with Crippen LogP contribution in [0.1, 0.15) is 39.5 Å². The molecular weight excluding hydrogens is 216 g/mol. The van der Waals surface area contributed by atoms with E-state index in [1.165, 1.54) is 26.4 Å². The molecule has 0 fully saturated rings. The molecule has 0 rings (SSSR count). The van der Waals surface area contributed by atoms with Crippen LogP contribution in [-0.2, 0) is 9.53 Å². The Morgan fingerprint density at radius 3 is 2.53 bits per heavy atom. The van der Waals surface area contributed by atoms with Gasteiger partial charge in [0.1, 0.15) is 6.04 Å². The standard InChI is InChI=1S/C13H28N2O2/c1-5-7-8-10-15(3)11-9-12(14-6-2)13(16)17-4/h12,14H,5-11H2,1-4H3. The minimum atomic E-state index is -0.168. The number of carbonyl (C=O) groups excluding carboxylic acids is 1. The van der Waals surface area contributed by atoms with Crippen LogP contribution in [0.3, 0.4) is 0 Å². The van der Waals surface area contributed by atoms with Crippen molar-refractivity contribution in [2.24, 2.45) is 0 Å². The summed E-state index contributed by atoms with van der Waals surface area (Å²) in [6.45, 7) is 7.03. The molecule has 4 heteroatoms. The minimum Gasteiger partial charge on any atom is -0.468 e. The van der Waals surface area contributed by atoms with Gasteiger partial charge in [0.25, 0.3) is 0 Å². The molecule has 0 spiro atoms. The number of unbranched alkanes of at least 4 members (excludes halogenated alkanes) is 2. The van der Waals surface area contributed by atoms with E-state index in [4.69, 9.17) is 4.74 Å². The third-order valence-corrected chi connectivity index (χ3v) is 2.88. The van der Waals surface area contributed by atoms with Crippen LogP contribution in [0, 0.1) is 0 Å². The van der Waals surface area contributed by atoms with E-state index >= 15 is 0 Å². The highest BCUT2D eigenvalue weighted by molar-refractivity contribution is 5.75. The highest BCUT2D eigenvalue weighted by Gasteiger charge is 2.17. The van der Waals surface area contributed by atoms with Gasteiger partial charge in [-0.05, 0) is 39.5 Å². The van der Waals surface area contributed by atoms with E-state index in [1.54, 1.807) is 0 Å². The van der Waals surface area contributed by atoms with Crippen molar-refractivity contribution >= 4 is 5.97 Å². The zero-order chi connectivity index (χ0) is 13.1. The first-order valence-electron chi connectivity index (χ1n) is 6.65. The maximum Gasteiger partial charge on any atom is 0.322 e. The van der Waals surface area contributed by atoms with Crippen LogP contribution in [-0.4, -0.2) is 50.7 Å². The smallest absolute Gasteiger partial charge is 0.322 e. The predicted octanol–water partition coefficient (Wildman–Crippen LogP) is 1.65. The molecule has 1 unspecified atom stereocenters. The molecular formula is C13H28N2O2. The normalized spacial score (nSPS) is 12.8.